The van der Waals surface area contributed by atoms with Crippen LogP contribution in [-0.4, -0.2) is 58.9 Å². The van der Waals surface area contributed by atoms with E-state index in [1.165, 1.54) is 13.5 Å². The highest BCUT2D eigenvalue weighted by Crippen LogP contribution is 2.67. The zero-order valence-corrected chi connectivity index (χ0v) is 22.7. The maximum Gasteiger partial charge on any atom is 0.316 e. The number of hydrogen-bond acceptors (Lipinski definition) is 8. The Labute approximate surface area is 218 Å². The van der Waals surface area contributed by atoms with Crippen molar-refractivity contribution >= 4 is 23.3 Å². The van der Waals surface area contributed by atoms with Crippen LogP contribution in [0.4, 0.5) is 5.69 Å². The van der Waals surface area contributed by atoms with E-state index in [0.717, 1.165) is 24.3 Å². The average molecular weight is 511 g/mol. The Kier molecular flexibility index (Phi) is 6.96. The lowest BCUT2D eigenvalue weighted by atomic mass is 9.53. The molecule has 0 spiro atoms. The molecule has 3 saturated heterocycles. The number of hydrogen-bond donors (Lipinski definition) is 0. The van der Waals surface area contributed by atoms with Crippen LogP contribution in [0.5, 0.6) is 0 Å². The highest BCUT2D eigenvalue weighted by Gasteiger charge is 2.80. The number of nitrogens with zero attached hydrogens (tertiary/aromatic N) is 4. The van der Waals surface area contributed by atoms with Crippen molar-refractivity contribution in [2.75, 3.05) is 31.7 Å². The predicted octanol–water partition coefficient (Wildman–Crippen LogP) is 3.99. The minimum atomic E-state index is -1.09. The van der Waals surface area contributed by atoms with Gasteiger partial charge >= 0.3 is 11.9 Å². The summed E-state index contributed by atoms with van der Waals surface area (Å²) in [6.07, 6.45) is 6.72. The van der Waals surface area contributed by atoms with Crippen LogP contribution in [0.1, 0.15) is 51.9 Å². The number of rotatable bonds is 5. The van der Waals surface area contributed by atoms with Crippen molar-refractivity contribution in [1.82, 2.24) is 14.6 Å². The molecule has 1 aliphatic carbocycles. The Morgan fingerprint density at radius 2 is 1.97 bits per heavy atom. The van der Waals surface area contributed by atoms with E-state index in [0.29, 0.717) is 23.8 Å². The highest BCUT2D eigenvalue weighted by molar-refractivity contribution is 5.90. The number of esters is 2. The van der Waals surface area contributed by atoms with Gasteiger partial charge < -0.3 is 19.1 Å². The van der Waals surface area contributed by atoms with E-state index >= 15 is 0 Å². The van der Waals surface area contributed by atoms with Crippen molar-refractivity contribution in [3.63, 3.8) is 0 Å². The molecular formula is C28H38N4O5. The summed E-state index contributed by atoms with van der Waals surface area (Å²) >= 11 is 0. The number of aromatic nitrogens is 3. The molecule has 4 aliphatic rings. The van der Waals surface area contributed by atoms with Gasteiger partial charge in [-0.25, -0.2) is 9.50 Å². The fourth-order valence-corrected chi connectivity index (χ4v) is 5.60. The van der Waals surface area contributed by atoms with Gasteiger partial charge in [0.05, 0.1) is 25.6 Å². The van der Waals surface area contributed by atoms with E-state index in [1.54, 1.807) is 16.7 Å². The van der Waals surface area contributed by atoms with Crippen LogP contribution < -0.4 is 4.90 Å². The SMILES string of the molecule is C=CC=C.COC(=O)C1C2(C(=O)OC(C)(C)C)COC1(c1nc3c(C)cc(N4CCC(C)C4)cn3n1)C2. The van der Waals surface area contributed by atoms with Gasteiger partial charge in [0, 0.05) is 19.5 Å². The Bertz CT molecular complexity index is 1230. The molecule has 9 nitrogen and oxygen atoms in total. The lowest BCUT2D eigenvalue weighted by Gasteiger charge is -2.47. The van der Waals surface area contributed by atoms with E-state index in [-0.39, 0.29) is 6.61 Å². The van der Waals surface area contributed by atoms with Gasteiger partial charge in [-0.15, -0.1) is 5.10 Å². The van der Waals surface area contributed by atoms with E-state index in [4.69, 9.17) is 24.3 Å². The zero-order valence-electron chi connectivity index (χ0n) is 22.7. The predicted molar refractivity (Wildman–Crippen MR) is 140 cm³/mol. The van der Waals surface area contributed by atoms with Gasteiger partial charge in [-0.3, -0.25) is 9.59 Å². The van der Waals surface area contributed by atoms with Gasteiger partial charge in [-0.05, 0) is 51.7 Å². The molecule has 0 amide bonds. The van der Waals surface area contributed by atoms with Gasteiger partial charge in [0.1, 0.15) is 22.5 Å². The summed E-state index contributed by atoms with van der Waals surface area (Å²) in [5.74, 6) is -0.725. The highest BCUT2D eigenvalue weighted by atomic mass is 16.6. The first-order chi connectivity index (χ1) is 17.4. The van der Waals surface area contributed by atoms with Gasteiger partial charge in [0.15, 0.2) is 11.5 Å². The maximum absolute atomic E-state index is 13.1. The molecular weight excluding hydrogens is 472 g/mol. The summed E-state index contributed by atoms with van der Waals surface area (Å²) in [7, 11) is 1.32. The molecule has 3 aliphatic heterocycles. The Morgan fingerprint density at radius 1 is 1.27 bits per heavy atom. The number of carbonyl (C=O) groups excluding carboxylic acids is 2. The maximum atomic E-state index is 13.1. The van der Waals surface area contributed by atoms with Gasteiger partial charge in [0.25, 0.3) is 0 Å². The molecule has 5 heterocycles. The third-order valence-corrected chi connectivity index (χ3v) is 7.36. The largest absolute Gasteiger partial charge is 0.469 e. The van der Waals surface area contributed by atoms with Crippen molar-refractivity contribution in [2.24, 2.45) is 17.3 Å². The third kappa shape index (κ3) is 4.54. The number of ether oxygens (including phenoxy) is 3. The summed E-state index contributed by atoms with van der Waals surface area (Å²) in [4.78, 5) is 33.1. The fourth-order valence-electron chi connectivity index (χ4n) is 5.60. The molecule has 200 valence electrons. The second-order valence-corrected chi connectivity index (χ2v) is 11.4. The molecule has 0 N–H and O–H groups in total. The molecule has 0 radical (unpaired) electrons. The summed E-state index contributed by atoms with van der Waals surface area (Å²) in [6, 6.07) is 2.13. The van der Waals surface area contributed by atoms with Crippen LogP contribution in [0, 0.1) is 24.2 Å². The number of anilines is 1. The van der Waals surface area contributed by atoms with E-state index in [1.807, 2.05) is 33.9 Å². The lowest BCUT2D eigenvalue weighted by molar-refractivity contribution is -0.195. The van der Waals surface area contributed by atoms with Crippen LogP contribution in [-0.2, 0) is 29.4 Å². The van der Waals surface area contributed by atoms with E-state index in [9.17, 15) is 9.59 Å². The smallest absolute Gasteiger partial charge is 0.316 e. The minimum Gasteiger partial charge on any atom is -0.469 e. The van der Waals surface area contributed by atoms with Crippen LogP contribution in [0.3, 0.4) is 0 Å². The first kappa shape index (κ1) is 26.9. The Hall–Kier alpha value is -3.20. The summed E-state index contributed by atoms with van der Waals surface area (Å²) in [6.45, 7) is 18.5. The molecule has 2 aromatic heterocycles. The van der Waals surface area contributed by atoms with Gasteiger partial charge in [-0.2, -0.15) is 0 Å². The summed E-state index contributed by atoms with van der Waals surface area (Å²) < 4.78 is 18.6. The molecule has 6 rings (SSSR count). The van der Waals surface area contributed by atoms with Crippen LogP contribution in [0.2, 0.25) is 0 Å². The van der Waals surface area contributed by atoms with Gasteiger partial charge in [-0.1, -0.05) is 32.2 Å². The van der Waals surface area contributed by atoms with E-state index in [2.05, 4.69) is 31.0 Å². The van der Waals surface area contributed by atoms with Crippen molar-refractivity contribution < 1.29 is 23.8 Å². The number of methoxy groups -OCH3 is 1. The third-order valence-electron chi connectivity index (χ3n) is 7.36. The second kappa shape index (κ2) is 9.59. The molecule has 4 fully saturated rings. The number of pyridine rings is 1. The topological polar surface area (TPSA) is 95.3 Å². The molecule has 4 unspecified atom stereocenters. The minimum absolute atomic E-state index is 0.0765. The number of fused-ring (bicyclic) bond motifs is 2. The number of allylic oxidation sites excluding steroid dienone is 2. The van der Waals surface area contributed by atoms with Crippen molar-refractivity contribution in [2.45, 2.75) is 58.7 Å². The summed E-state index contributed by atoms with van der Waals surface area (Å²) in [5.41, 5.74) is -0.0345. The average Bonchev–Trinajstić information content (AvgIpc) is 3.59. The molecule has 2 aromatic rings. The molecule has 9 heteroatoms. The van der Waals surface area contributed by atoms with Gasteiger partial charge in [0.2, 0.25) is 0 Å². The lowest BCUT2D eigenvalue weighted by Crippen LogP contribution is -2.61. The fraction of sp³-hybridized carbons (Fsp3) is 0.571. The van der Waals surface area contributed by atoms with Crippen molar-refractivity contribution in [3.8, 4) is 0 Å². The summed E-state index contributed by atoms with van der Waals surface area (Å²) in [5, 5.41) is 4.74. The standard InChI is InChI=1S/C24H32N4O5.C4H6/c1-14-7-8-27(10-14)16-9-15(2)18-25-20(26-28(18)11-16)24-12-23(13-32-24,17(24)19(29)31-6)21(30)33-22(3,4)5;1-3-4-2/h9,11,14,17H,7-8,10,12-13H2,1-6H3;3-4H,1-2H2. The van der Waals surface area contributed by atoms with Crippen molar-refractivity contribution in [3.05, 3.63) is 49.0 Å². The van der Waals surface area contributed by atoms with E-state index < -0.39 is 34.5 Å². The molecule has 2 bridgehead atoms. The second-order valence-electron chi connectivity index (χ2n) is 11.4. The normalized spacial score (nSPS) is 28.2. The first-order valence-corrected chi connectivity index (χ1v) is 12.7. The zero-order chi connectivity index (χ0) is 27.2. The Morgan fingerprint density at radius 3 is 2.54 bits per heavy atom. The van der Waals surface area contributed by atoms with Crippen LogP contribution in [0.25, 0.3) is 5.65 Å². The molecule has 1 saturated carbocycles. The monoisotopic (exact) mass is 510 g/mol. The van der Waals surface area contributed by atoms with Crippen LogP contribution >= 0.6 is 0 Å². The molecule has 37 heavy (non-hydrogen) atoms. The number of carbonyl (C=O) groups is 2. The number of aryl methyl sites for hydroxylation is 1. The molecule has 4 atom stereocenters. The molecule has 0 aromatic carbocycles. The quantitative estimate of drug-likeness (QED) is 0.440. The van der Waals surface area contributed by atoms with Crippen LogP contribution in [0.15, 0.2) is 37.6 Å². The Balaban J connectivity index is 0.000000747. The van der Waals surface area contributed by atoms with Crippen molar-refractivity contribution in [1.29, 1.82) is 0 Å². The first-order valence-electron chi connectivity index (χ1n) is 12.7.